The Morgan fingerprint density at radius 2 is 1.72 bits per heavy atom. The molecule has 29 heavy (non-hydrogen) atoms. The van der Waals surface area contributed by atoms with Crippen LogP contribution in [0.5, 0.6) is 0 Å². The topological polar surface area (TPSA) is 148 Å². The van der Waals surface area contributed by atoms with Crippen LogP contribution < -0.4 is 16.2 Å². The first-order valence-electron chi connectivity index (χ1n) is 9.22. The van der Waals surface area contributed by atoms with Crippen molar-refractivity contribution in [1.29, 1.82) is 0 Å². The fourth-order valence-electron chi connectivity index (χ4n) is 3.04. The molecule has 3 rings (SSSR count). The summed E-state index contributed by atoms with van der Waals surface area (Å²) in [6.45, 7) is 0.541. The number of rotatable bonds is 9. The van der Waals surface area contributed by atoms with Crippen molar-refractivity contribution in [1.82, 2.24) is 9.97 Å². The highest BCUT2D eigenvalue weighted by Gasteiger charge is 2.23. The lowest BCUT2D eigenvalue weighted by Gasteiger charge is -2.14. The van der Waals surface area contributed by atoms with Gasteiger partial charge < -0.3 is 5.32 Å². The summed E-state index contributed by atoms with van der Waals surface area (Å²) in [5, 5.41) is 25.3. The molecular weight excluding hydrogens is 378 g/mol. The van der Waals surface area contributed by atoms with E-state index in [2.05, 4.69) is 32.2 Å². The zero-order chi connectivity index (χ0) is 20.6. The van der Waals surface area contributed by atoms with Crippen LogP contribution in [0.1, 0.15) is 32.1 Å². The number of allylic oxidation sites excluding steroid dienone is 1. The van der Waals surface area contributed by atoms with Crippen molar-refractivity contribution in [2.75, 3.05) is 22.7 Å². The average Bonchev–Trinajstić information content (AvgIpc) is 2.73. The Morgan fingerprint density at radius 1 is 0.966 bits per heavy atom. The van der Waals surface area contributed by atoms with E-state index in [-0.39, 0.29) is 23.0 Å². The molecule has 0 saturated heterocycles. The second-order valence-corrected chi connectivity index (χ2v) is 6.52. The molecule has 11 heteroatoms. The molecule has 0 bridgehead atoms. The number of benzene rings is 1. The van der Waals surface area contributed by atoms with Crippen LogP contribution in [0, 0.1) is 20.2 Å². The molecule has 11 nitrogen and oxygen atoms in total. The van der Waals surface area contributed by atoms with E-state index in [0.717, 1.165) is 19.3 Å². The molecule has 0 saturated carbocycles. The van der Waals surface area contributed by atoms with E-state index in [1.165, 1.54) is 49.0 Å². The molecule has 0 atom stereocenters. The van der Waals surface area contributed by atoms with E-state index in [4.69, 9.17) is 0 Å². The molecule has 0 unspecified atom stereocenters. The molecule has 0 aliphatic heterocycles. The third-order valence-corrected chi connectivity index (χ3v) is 4.53. The quantitative estimate of drug-likeness (QED) is 0.323. The minimum atomic E-state index is -0.554. The zero-order valence-electron chi connectivity index (χ0n) is 15.6. The number of anilines is 3. The van der Waals surface area contributed by atoms with Crippen molar-refractivity contribution in [3.63, 3.8) is 0 Å². The predicted molar refractivity (Wildman–Crippen MR) is 109 cm³/mol. The molecular formula is C18H21N7O4. The molecule has 1 heterocycles. The van der Waals surface area contributed by atoms with Crippen LogP contribution >= 0.6 is 0 Å². The first-order valence-corrected chi connectivity index (χ1v) is 9.22. The van der Waals surface area contributed by atoms with Gasteiger partial charge in [0.25, 0.3) is 5.69 Å². The number of hydrazine groups is 1. The highest BCUT2D eigenvalue weighted by atomic mass is 16.6. The minimum absolute atomic E-state index is 0.0114. The Hall–Kier alpha value is -3.76. The Morgan fingerprint density at radius 3 is 2.38 bits per heavy atom. The highest BCUT2D eigenvalue weighted by molar-refractivity contribution is 5.70. The summed E-state index contributed by atoms with van der Waals surface area (Å²) in [7, 11) is 0. The van der Waals surface area contributed by atoms with Crippen molar-refractivity contribution in [3.8, 4) is 0 Å². The molecule has 1 aromatic carbocycles. The van der Waals surface area contributed by atoms with E-state index < -0.39 is 9.85 Å². The third-order valence-electron chi connectivity index (χ3n) is 4.53. The van der Waals surface area contributed by atoms with Crippen LogP contribution in [0.2, 0.25) is 0 Å². The van der Waals surface area contributed by atoms with Crippen molar-refractivity contribution in [2.24, 2.45) is 0 Å². The molecule has 3 N–H and O–H groups in total. The summed E-state index contributed by atoms with van der Waals surface area (Å²) >= 11 is 0. The number of non-ortho nitro benzene ring substituents is 1. The van der Waals surface area contributed by atoms with Gasteiger partial charge in [-0.2, -0.15) is 0 Å². The maximum atomic E-state index is 11.6. The molecule has 152 valence electrons. The third kappa shape index (κ3) is 5.37. The van der Waals surface area contributed by atoms with Gasteiger partial charge in [-0.1, -0.05) is 11.6 Å². The molecule has 1 aromatic heterocycles. The van der Waals surface area contributed by atoms with E-state index in [1.54, 1.807) is 0 Å². The van der Waals surface area contributed by atoms with Gasteiger partial charge in [0.1, 0.15) is 6.33 Å². The van der Waals surface area contributed by atoms with Gasteiger partial charge in [-0.3, -0.25) is 31.1 Å². The smallest absolute Gasteiger partial charge is 0.354 e. The summed E-state index contributed by atoms with van der Waals surface area (Å²) in [4.78, 5) is 29.1. The van der Waals surface area contributed by atoms with Crippen LogP contribution in [0.3, 0.4) is 0 Å². The molecule has 0 fully saturated rings. The summed E-state index contributed by atoms with van der Waals surface area (Å²) in [6.07, 6.45) is 8.83. The highest BCUT2D eigenvalue weighted by Crippen LogP contribution is 2.29. The number of nitro groups is 2. The number of hydrogen-bond acceptors (Lipinski definition) is 9. The second kappa shape index (κ2) is 9.44. The molecule has 0 amide bonds. The summed E-state index contributed by atoms with van der Waals surface area (Å²) in [5.74, 6) is 0.122. The minimum Gasteiger partial charge on any atom is -0.364 e. The Bertz CT molecular complexity index is 915. The molecule has 1 aliphatic carbocycles. The van der Waals surface area contributed by atoms with Crippen molar-refractivity contribution in [2.45, 2.75) is 32.1 Å². The molecule has 0 radical (unpaired) electrons. The van der Waals surface area contributed by atoms with Gasteiger partial charge in [-0.15, -0.1) is 0 Å². The lowest BCUT2D eigenvalue weighted by Crippen LogP contribution is -2.14. The van der Waals surface area contributed by atoms with Crippen LogP contribution in [0.25, 0.3) is 0 Å². The molecule has 0 spiro atoms. The maximum Gasteiger partial charge on any atom is 0.354 e. The van der Waals surface area contributed by atoms with Crippen LogP contribution in [-0.4, -0.2) is 26.4 Å². The van der Waals surface area contributed by atoms with E-state index in [1.807, 2.05) is 0 Å². The Labute approximate surface area is 166 Å². The number of nitrogens with zero attached hydrogens (tertiary/aromatic N) is 4. The Balaban J connectivity index is 1.66. The number of nitro benzene ring substituents is 1. The lowest BCUT2D eigenvalue weighted by molar-refractivity contribution is -0.384. The fourth-order valence-corrected chi connectivity index (χ4v) is 3.04. The van der Waals surface area contributed by atoms with Crippen LogP contribution in [-0.2, 0) is 0 Å². The van der Waals surface area contributed by atoms with Crippen molar-refractivity contribution < 1.29 is 9.85 Å². The second-order valence-electron chi connectivity index (χ2n) is 6.52. The monoisotopic (exact) mass is 399 g/mol. The summed E-state index contributed by atoms with van der Waals surface area (Å²) < 4.78 is 0. The number of nitrogens with one attached hydrogen (secondary N) is 3. The standard InChI is InChI=1S/C18H21N7O4/c26-24(27)15-8-6-14(7-9-15)22-23-18-16(25(28)29)17(20-12-21-18)19-11-10-13-4-2-1-3-5-13/h4,6-9,12,22H,1-3,5,10-11H2,(H2,19,20,21,23). The van der Waals surface area contributed by atoms with Gasteiger partial charge in [0.2, 0.25) is 11.6 Å². The number of hydrogen-bond donors (Lipinski definition) is 3. The van der Waals surface area contributed by atoms with Crippen LogP contribution in [0.15, 0.2) is 42.2 Å². The van der Waals surface area contributed by atoms with E-state index >= 15 is 0 Å². The zero-order valence-corrected chi connectivity index (χ0v) is 15.6. The molecule has 1 aliphatic rings. The fraction of sp³-hybridized carbons (Fsp3) is 0.333. The first-order chi connectivity index (χ1) is 14.0. The van der Waals surface area contributed by atoms with Crippen molar-refractivity contribution >= 4 is 28.7 Å². The summed E-state index contributed by atoms with van der Waals surface area (Å²) in [6, 6.07) is 5.61. The number of aromatic nitrogens is 2. The van der Waals surface area contributed by atoms with Gasteiger partial charge in [-0.05, 0) is 44.2 Å². The van der Waals surface area contributed by atoms with E-state index in [9.17, 15) is 20.2 Å². The van der Waals surface area contributed by atoms with Gasteiger partial charge in [0.15, 0.2) is 0 Å². The normalized spacial score (nSPS) is 13.3. The lowest BCUT2D eigenvalue weighted by atomic mass is 9.97. The first kappa shape index (κ1) is 20.0. The van der Waals surface area contributed by atoms with Crippen molar-refractivity contribution in [3.05, 3.63) is 62.5 Å². The molecule has 2 aromatic rings. The SMILES string of the molecule is O=[N+]([O-])c1ccc(NNc2ncnc(NCCC3=CCCCC3)c2[N+](=O)[O-])cc1. The largest absolute Gasteiger partial charge is 0.364 e. The van der Waals surface area contributed by atoms with Gasteiger partial charge in [-0.25, -0.2) is 9.97 Å². The summed E-state index contributed by atoms with van der Waals surface area (Å²) in [5.41, 5.74) is 6.95. The maximum absolute atomic E-state index is 11.6. The Kier molecular flexibility index (Phi) is 6.51. The van der Waals surface area contributed by atoms with Gasteiger partial charge in [0.05, 0.1) is 15.5 Å². The van der Waals surface area contributed by atoms with Gasteiger partial charge >= 0.3 is 5.69 Å². The predicted octanol–water partition coefficient (Wildman–Crippen LogP) is 4.03. The van der Waals surface area contributed by atoms with E-state index in [0.29, 0.717) is 12.2 Å². The van der Waals surface area contributed by atoms with Gasteiger partial charge in [0, 0.05) is 18.7 Å². The average molecular weight is 399 g/mol. The van der Waals surface area contributed by atoms with Crippen LogP contribution in [0.4, 0.5) is 28.7 Å².